The topological polar surface area (TPSA) is 102 Å². The van der Waals surface area contributed by atoms with E-state index in [1.54, 1.807) is 4.90 Å². The lowest BCUT2D eigenvalue weighted by Crippen LogP contribution is -2.52. The number of urea groups is 1. The Labute approximate surface area is 244 Å². The van der Waals surface area contributed by atoms with Crippen molar-refractivity contribution in [3.63, 3.8) is 0 Å². The van der Waals surface area contributed by atoms with Crippen LogP contribution < -0.4 is 5.32 Å². The molecule has 4 rings (SSSR count). The zero-order valence-corrected chi connectivity index (χ0v) is 24.5. The number of carbonyl (C=O) groups excluding carboxylic acids is 4. The second-order valence-electron chi connectivity index (χ2n) is 12.2. The van der Waals surface area contributed by atoms with Crippen LogP contribution in [0.4, 0.5) is 4.79 Å². The minimum absolute atomic E-state index is 0.00341. The molecule has 2 saturated carbocycles. The third kappa shape index (κ3) is 10.3. The third-order valence-electron chi connectivity index (χ3n) is 9.00. The fourth-order valence-electron chi connectivity index (χ4n) is 6.52. The first kappa shape index (κ1) is 31.4. The van der Waals surface area contributed by atoms with Crippen molar-refractivity contribution in [1.82, 2.24) is 10.2 Å². The Balaban J connectivity index is 1.43. The summed E-state index contributed by atoms with van der Waals surface area (Å²) in [4.78, 5) is 55.2. The minimum Gasteiger partial charge on any atom is -0.378 e. The number of ketones is 3. The second kappa shape index (κ2) is 16.8. The van der Waals surface area contributed by atoms with E-state index in [9.17, 15) is 19.2 Å². The van der Waals surface area contributed by atoms with E-state index in [0.29, 0.717) is 45.2 Å². The molecule has 0 aromatic heterocycles. The number of amides is 2. The van der Waals surface area contributed by atoms with Crippen molar-refractivity contribution >= 4 is 23.4 Å². The summed E-state index contributed by atoms with van der Waals surface area (Å²) < 4.78 is 11.3. The molecular weight excluding hydrogens is 520 g/mol. The number of hydrogen-bond donors (Lipinski definition) is 1. The summed E-state index contributed by atoms with van der Waals surface area (Å²) in [6.07, 6.45) is 11.6. The maximum atomic E-state index is 13.8. The van der Waals surface area contributed by atoms with E-state index >= 15 is 0 Å². The molecule has 226 valence electrons. The molecule has 1 aliphatic heterocycles. The highest BCUT2D eigenvalue weighted by molar-refractivity contribution is 6.38. The van der Waals surface area contributed by atoms with Gasteiger partial charge in [0.25, 0.3) is 0 Å². The summed E-state index contributed by atoms with van der Waals surface area (Å²) in [6.45, 7) is 2.24. The zero-order valence-electron chi connectivity index (χ0n) is 24.5. The molecule has 8 nitrogen and oxygen atoms in total. The maximum absolute atomic E-state index is 13.8. The van der Waals surface area contributed by atoms with Crippen LogP contribution in [0.25, 0.3) is 0 Å². The van der Waals surface area contributed by atoms with Gasteiger partial charge < -0.3 is 19.7 Å². The average Bonchev–Trinajstić information content (AvgIpc) is 3.01. The van der Waals surface area contributed by atoms with Gasteiger partial charge in [0.15, 0.2) is 11.6 Å². The number of hydrogen-bond acceptors (Lipinski definition) is 6. The van der Waals surface area contributed by atoms with Crippen molar-refractivity contribution in [2.24, 2.45) is 17.8 Å². The van der Waals surface area contributed by atoms with Crippen molar-refractivity contribution < 1.29 is 28.7 Å². The van der Waals surface area contributed by atoms with Gasteiger partial charge in [0.05, 0.1) is 38.4 Å². The van der Waals surface area contributed by atoms with Gasteiger partial charge in [-0.25, -0.2) is 4.79 Å². The van der Waals surface area contributed by atoms with Crippen LogP contribution in [-0.4, -0.2) is 67.2 Å². The number of rotatable bonds is 14. The van der Waals surface area contributed by atoms with Crippen LogP contribution in [0.15, 0.2) is 30.3 Å². The van der Waals surface area contributed by atoms with Gasteiger partial charge >= 0.3 is 6.03 Å². The summed E-state index contributed by atoms with van der Waals surface area (Å²) in [7, 11) is 0. The fourth-order valence-corrected chi connectivity index (χ4v) is 6.52. The molecule has 1 N–H and O–H groups in total. The number of nitrogens with zero attached hydrogens (tertiary/aromatic N) is 1. The predicted octanol–water partition coefficient (Wildman–Crippen LogP) is 5.27. The van der Waals surface area contributed by atoms with Gasteiger partial charge in [-0.1, -0.05) is 94.5 Å². The molecular formula is C33H48N2O6. The Bertz CT molecular complexity index is 981. The van der Waals surface area contributed by atoms with Gasteiger partial charge in [-0.05, 0) is 23.8 Å². The molecule has 8 heteroatoms. The maximum Gasteiger partial charge on any atom is 0.318 e. The quantitative estimate of drug-likeness (QED) is 0.307. The van der Waals surface area contributed by atoms with E-state index in [2.05, 4.69) is 5.32 Å². The standard InChI is InChI=1S/C33H48N2O6/c36-30(29(20-25-10-4-1-5-11-25)34-33(39)35-16-18-40-19-17-35)22-28(24-41-23-27-14-8-3-9-15-27)32(38)31(37)21-26-12-6-2-7-13-26/h3,8-9,14-15,25-26,28-29H,1-2,4-7,10-13,16-24H2,(H,34,39)/t28?,29-/m0/s1. The molecule has 0 radical (unpaired) electrons. The van der Waals surface area contributed by atoms with E-state index in [1.807, 2.05) is 30.3 Å². The van der Waals surface area contributed by atoms with Crippen LogP contribution in [0.5, 0.6) is 0 Å². The summed E-state index contributed by atoms with van der Waals surface area (Å²) in [5, 5.41) is 3.00. The van der Waals surface area contributed by atoms with Crippen LogP contribution in [0.3, 0.4) is 0 Å². The van der Waals surface area contributed by atoms with E-state index in [-0.39, 0.29) is 43.0 Å². The Morgan fingerprint density at radius 3 is 2.17 bits per heavy atom. The Morgan fingerprint density at radius 1 is 0.878 bits per heavy atom. The highest BCUT2D eigenvalue weighted by Gasteiger charge is 2.34. The van der Waals surface area contributed by atoms with Gasteiger partial charge in [-0.2, -0.15) is 0 Å². The first-order chi connectivity index (χ1) is 20.0. The SMILES string of the molecule is O=C(CC1CCCCC1)C(=O)C(COCc1ccccc1)CC(=O)[C@H](CC1CCCCC1)NC(=O)N1CCOCC1. The lowest BCUT2D eigenvalue weighted by Gasteiger charge is -2.31. The van der Waals surface area contributed by atoms with Crippen molar-refractivity contribution in [2.45, 2.75) is 96.1 Å². The largest absolute Gasteiger partial charge is 0.378 e. The molecule has 41 heavy (non-hydrogen) atoms. The van der Waals surface area contributed by atoms with Crippen molar-refractivity contribution in [1.29, 1.82) is 0 Å². The molecule has 2 atom stereocenters. The molecule has 1 unspecified atom stereocenters. The molecule has 0 bridgehead atoms. The number of nitrogens with one attached hydrogen (secondary N) is 1. The van der Waals surface area contributed by atoms with Crippen molar-refractivity contribution in [2.75, 3.05) is 32.9 Å². The van der Waals surface area contributed by atoms with Crippen molar-refractivity contribution in [3.05, 3.63) is 35.9 Å². The molecule has 1 heterocycles. The lowest BCUT2D eigenvalue weighted by molar-refractivity contribution is -0.142. The smallest absolute Gasteiger partial charge is 0.318 e. The predicted molar refractivity (Wildman–Crippen MR) is 156 cm³/mol. The minimum atomic E-state index is -0.851. The first-order valence-corrected chi connectivity index (χ1v) is 15.8. The summed E-state index contributed by atoms with van der Waals surface area (Å²) in [5.74, 6) is -1.33. The first-order valence-electron chi connectivity index (χ1n) is 15.8. The molecule has 3 aliphatic rings. The van der Waals surface area contributed by atoms with Gasteiger partial charge in [0.1, 0.15) is 0 Å². The highest BCUT2D eigenvalue weighted by Crippen LogP contribution is 2.29. The van der Waals surface area contributed by atoms with Gasteiger partial charge in [-0.15, -0.1) is 0 Å². The Kier molecular flexibility index (Phi) is 12.8. The molecule has 0 spiro atoms. The van der Waals surface area contributed by atoms with E-state index in [1.165, 1.54) is 12.8 Å². The van der Waals surface area contributed by atoms with Gasteiger partial charge in [-0.3, -0.25) is 14.4 Å². The number of carbonyl (C=O) groups is 4. The molecule has 1 aromatic rings. The summed E-state index contributed by atoms with van der Waals surface area (Å²) in [6, 6.07) is 8.70. The van der Waals surface area contributed by atoms with E-state index in [4.69, 9.17) is 9.47 Å². The Morgan fingerprint density at radius 2 is 1.51 bits per heavy atom. The van der Waals surface area contributed by atoms with Crippen LogP contribution in [0.2, 0.25) is 0 Å². The molecule has 3 fully saturated rings. The normalized spacial score (nSPS) is 20.2. The molecule has 2 amide bonds. The molecule has 1 aromatic carbocycles. The Hall–Kier alpha value is -2.58. The van der Waals surface area contributed by atoms with Crippen LogP contribution in [-0.2, 0) is 30.5 Å². The number of morpholine rings is 1. The van der Waals surface area contributed by atoms with Gasteiger partial charge in [0.2, 0.25) is 5.78 Å². The monoisotopic (exact) mass is 568 g/mol. The summed E-state index contributed by atoms with van der Waals surface area (Å²) >= 11 is 0. The zero-order chi connectivity index (χ0) is 28.9. The fraction of sp³-hybridized carbons (Fsp3) is 0.697. The molecule has 2 aliphatic carbocycles. The summed E-state index contributed by atoms with van der Waals surface area (Å²) in [5.41, 5.74) is 0.964. The van der Waals surface area contributed by atoms with Gasteiger partial charge in [0, 0.05) is 25.9 Å². The average molecular weight is 569 g/mol. The van der Waals surface area contributed by atoms with Crippen LogP contribution >= 0.6 is 0 Å². The van der Waals surface area contributed by atoms with Crippen LogP contribution in [0, 0.1) is 17.8 Å². The van der Waals surface area contributed by atoms with E-state index in [0.717, 1.165) is 56.9 Å². The number of benzene rings is 1. The number of Topliss-reactive ketones (excluding diaryl/α,β-unsaturated/α-hetero) is 3. The van der Waals surface area contributed by atoms with Crippen LogP contribution in [0.1, 0.15) is 89.0 Å². The second-order valence-corrected chi connectivity index (χ2v) is 12.2. The van der Waals surface area contributed by atoms with Crippen molar-refractivity contribution in [3.8, 4) is 0 Å². The third-order valence-corrected chi connectivity index (χ3v) is 9.00. The molecule has 1 saturated heterocycles. The lowest BCUT2D eigenvalue weighted by atomic mass is 9.81. The van der Waals surface area contributed by atoms with E-state index < -0.39 is 17.7 Å². The number of ether oxygens (including phenoxy) is 2. The highest BCUT2D eigenvalue weighted by atomic mass is 16.5.